The van der Waals surface area contributed by atoms with Gasteiger partial charge in [0.25, 0.3) is 0 Å². The highest BCUT2D eigenvalue weighted by Crippen LogP contribution is 2.23. The Morgan fingerprint density at radius 2 is 2.27 bits per heavy atom. The van der Waals surface area contributed by atoms with Gasteiger partial charge in [-0.05, 0) is 33.8 Å². The summed E-state index contributed by atoms with van der Waals surface area (Å²) in [5, 5.41) is 17.3. The molecule has 0 N–H and O–H groups in total. The maximum atomic E-state index is 12.4. The van der Waals surface area contributed by atoms with Crippen LogP contribution in [0.4, 0.5) is 11.5 Å². The summed E-state index contributed by atoms with van der Waals surface area (Å²) in [4.78, 5) is 27.1. The van der Waals surface area contributed by atoms with Crippen molar-refractivity contribution >= 4 is 17.4 Å². The molecular formula is C17H24N6O3. The van der Waals surface area contributed by atoms with Crippen LogP contribution in [0.3, 0.4) is 0 Å². The number of hydrazine groups is 1. The molecule has 9 heteroatoms. The number of aromatic nitrogens is 1. The monoisotopic (exact) mass is 360 g/mol. The molecule has 2 rings (SSSR count). The first-order chi connectivity index (χ1) is 12.3. The van der Waals surface area contributed by atoms with Crippen LogP contribution in [0, 0.1) is 11.8 Å². The number of nitrogens with zero attached hydrogens (tertiary/aromatic N) is 6. The Labute approximate surface area is 153 Å². The van der Waals surface area contributed by atoms with Crippen LogP contribution >= 0.6 is 0 Å². The summed E-state index contributed by atoms with van der Waals surface area (Å²) in [7, 11) is 0. The molecule has 0 bridgehead atoms. The van der Waals surface area contributed by atoms with Crippen molar-refractivity contribution in [3.63, 3.8) is 0 Å². The summed E-state index contributed by atoms with van der Waals surface area (Å²) in [6.45, 7) is 15.4. The average Bonchev–Trinajstić information content (AvgIpc) is 2.59. The van der Waals surface area contributed by atoms with Gasteiger partial charge in [-0.25, -0.2) is 4.85 Å². The Kier molecular flexibility index (Phi) is 5.97. The summed E-state index contributed by atoms with van der Waals surface area (Å²) < 4.78 is 0. The van der Waals surface area contributed by atoms with E-state index in [4.69, 9.17) is 11.4 Å². The lowest BCUT2D eigenvalue weighted by molar-refractivity contribution is -0.725. The van der Waals surface area contributed by atoms with Gasteiger partial charge < -0.3 is 10.0 Å². The second-order valence-electron chi connectivity index (χ2n) is 6.97. The highest BCUT2D eigenvalue weighted by Gasteiger charge is 2.31. The van der Waals surface area contributed by atoms with E-state index in [1.54, 1.807) is 17.0 Å². The first-order valence-corrected chi connectivity index (χ1v) is 8.51. The Bertz CT molecular complexity index is 705. The number of carbonyl (C=O) groups excluding carboxylic acids is 1. The van der Waals surface area contributed by atoms with Crippen molar-refractivity contribution in [3.05, 3.63) is 35.0 Å². The van der Waals surface area contributed by atoms with Gasteiger partial charge in [-0.1, -0.05) is 6.07 Å². The molecule has 1 unspecified atom stereocenters. The van der Waals surface area contributed by atoms with Gasteiger partial charge in [-0.2, -0.15) is 0 Å². The fourth-order valence-corrected chi connectivity index (χ4v) is 2.74. The van der Waals surface area contributed by atoms with Crippen molar-refractivity contribution in [1.29, 1.82) is 0 Å². The first kappa shape index (κ1) is 19.4. The number of amides is 1. The number of hydrogen-bond donors (Lipinski definition) is 0. The Balaban J connectivity index is 1.97. The van der Waals surface area contributed by atoms with Crippen molar-refractivity contribution in [2.75, 3.05) is 18.0 Å². The van der Waals surface area contributed by atoms with E-state index in [0.29, 0.717) is 36.0 Å². The van der Waals surface area contributed by atoms with Crippen molar-refractivity contribution in [3.8, 4) is 0 Å². The molecule has 26 heavy (non-hydrogen) atoms. The molecule has 1 atom stereocenters. The van der Waals surface area contributed by atoms with E-state index in [1.165, 1.54) is 11.2 Å². The molecule has 0 aromatic carbocycles. The topological polar surface area (TPSA) is 88.5 Å². The minimum Gasteiger partial charge on any atom is -0.569 e. The number of anilines is 1. The lowest BCUT2D eigenvalue weighted by Crippen LogP contribution is -2.46. The maximum absolute atomic E-state index is 12.4. The third-order valence-corrected chi connectivity index (χ3v) is 4.06. The van der Waals surface area contributed by atoms with E-state index in [1.807, 2.05) is 27.7 Å². The zero-order chi connectivity index (χ0) is 19.3. The third-order valence-electron chi connectivity index (χ3n) is 4.06. The van der Waals surface area contributed by atoms with Gasteiger partial charge in [-0.15, -0.1) is 5.01 Å². The average molecular weight is 360 g/mol. The molecule has 1 saturated heterocycles. The minimum atomic E-state index is -0.448. The molecule has 1 aromatic heterocycles. The SMILES string of the molecule is [C-]#[N+]c1ccc(N2CCC(O/N=[N+](/[O-])N(CC)C(C)(C)C)CC2=O)nc1. The zero-order valence-corrected chi connectivity index (χ0v) is 15.5. The quantitative estimate of drug-likeness (QED) is 0.348. The normalized spacial score (nSPS) is 18.4. The van der Waals surface area contributed by atoms with Gasteiger partial charge in [-0.3, -0.25) is 14.7 Å². The van der Waals surface area contributed by atoms with Gasteiger partial charge in [0, 0.05) is 19.2 Å². The highest BCUT2D eigenvalue weighted by atomic mass is 16.7. The molecule has 0 saturated carbocycles. The van der Waals surface area contributed by atoms with Crippen molar-refractivity contribution in [2.24, 2.45) is 5.28 Å². The van der Waals surface area contributed by atoms with Crippen molar-refractivity contribution < 1.29 is 14.6 Å². The third kappa shape index (κ3) is 4.59. The maximum Gasteiger partial charge on any atom is 0.233 e. The van der Waals surface area contributed by atoms with Crippen molar-refractivity contribution in [2.45, 2.75) is 52.2 Å². The Hall–Kier alpha value is -2.89. The van der Waals surface area contributed by atoms with E-state index in [2.05, 4.69) is 15.1 Å². The summed E-state index contributed by atoms with van der Waals surface area (Å²) in [5.41, 5.74) is 0.0409. The van der Waals surface area contributed by atoms with E-state index in [9.17, 15) is 10.0 Å². The number of pyridine rings is 1. The van der Waals surface area contributed by atoms with Crippen LogP contribution in [-0.4, -0.2) is 45.6 Å². The van der Waals surface area contributed by atoms with Gasteiger partial charge in [0.1, 0.15) is 11.9 Å². The highest BCUT2D eigenvalue weighted by molar-refractivity contribution is 5.93. The zero-order valence-electron chi connectivity index (χ0n) is 15.5. The summed E-state index contributed by atoms with van der Waals surface area (Å²) >= 11 is 0. The smallest absolute Gasteiger partial charge is 0.233 e. The molecule has 1 aromatic rings. The summed E-state index contributed by atoms with van der Waals surface area (Å²) in [6, 6.07) is 3.28. The lowest BCUT2D eigenvalue weighted by atomic mass is 10.1. The molecule has 2 heterocycles. The van der Waals surface area contributed by atoms with Gasteiger partial charge in [0.05, 0.1) is 30.0 Å². The Morgan fingerprint density at radius 3 is 2.77 bits per heavy atom. The molecule has 0 spiro atoms. The molecule has 0 radical (unpaired) electrons. The van der Waals surface area contributed by atoms with E-state index >= 15 is 0 Å². The van der Waals surface area contributed by atoms with Crippen molar-refractivity contribution in [1.82, 2.24) is 9.99 Å². The summed E-state index contributed by atoms with van der Waals surface area (Å²) in [6.07, 6.45) is 1.65. The van der Waals surface area contributed by atoms with Gasteiger partial charge >= 0.3 is 0 Å². The lowest BCUT2D eigenvalue weighted by Gasteiger charge is -2.30. The fourth-order valence-electron chi connectivity index (χ4n) is 2.74. The van der Waals surface area contributed by atoms with Crippen LogP contribution in [0.25, 0.3) is 4.85 Å². The molecule has 0 aliphatic carbocycles. The van der Waals surface area contributed by atoms with Gasteiger partial charge in [0.2, 0.25) is 16.9 Å². The fraction of sp³-hybridized carbons (Fsp3) is 0.588. The van der Waals surface area contributed by atoms with Gasteiger partial charge in [0.15, 0.2) is 0 Å². The predicted octanol–water partition coefficient (Wildman–Crippen LogP) is 3.06. The molecule has 1 amide bonds. The molecular weight excluding hydrogens is 336 g/mol. The second-order valence-corrected chi connectivity index (χ2v) is 6.97. The minimum absolute atomic E-state index is 0.116. The van der Waals surface area contributed by atoms with Crippen LogP contribution in [0.5, 0.6) is 0 Å². The molecule has 9 nitrogen and oxygen atoms in total. The summed E-state index contributed by atoms with van der Waals surface area (Å²) in [5.74, 6) is 0.355. The number of carbonyl (C=O) groups is 1. The number of hydrogen-bond acceptors (Lipinski definition) is 5. The van der Waals surface area contributed by atoms with Crippen LogP contribution in [0.15, 0.2) is 23.6 Å². The van der Waals surface area contributed by atoms with Crippen LogP contribution in [0.1, 0.15) is 40.5 Å². The van der Waals surface area contributed by atoms with E-state index in [0.717, 1.165) is 0 Å². The largest absolute Gasteiger partial charge is 0.569 e. The standard InChI is InChI=1S/C17H24N6O3/c1-6-22(17(2,3)4)23(25)20-26-14-9-10-21(16(24)11-14)15-8-7-13(18-5)12-19-15/h7-8,12,14H,6,9-11H2,1-4H3/b23-20+. The molecule has 1 aliphatic heterocycles. The molecule has 1 fully saturated rings. The van der Waals surface area contributed by atoms with Crippen LogP contribution in [0.2, 0.25) is 0 Å². The predicted molar refractivity (Wildman–Crippen MR) is 95.1 cm³/mol. The molecule has 1 aliphatic rings. The van der Waals surface area contributed by atoms with Crippen LogP contribution in [-0.2, 0) is 9.63 Å². The second kappa shape index (κ2) is 7.99. The van der Waals surface area contributed by atoms with E-state index in [-0.39, 0.29) is 17.9 Å². The number of rotatable bonds is 5. The molecule has 140 valence electrons. The van der Waals surface area contributed by atoms with Crippen LogP contribution < -0.4 is 4.90 Å². The Morgan fingerprint density at radius 1 is 1.54 bits per heavy atom. The first-order valence-electron chi connectivity index (χ1n) is 8.51. The number of piperidine rings is 1. The van der Waals surface area contributed by atoms with E-state index < -0.39 is 6.10 Å².